The minimum Gasteiger partial charge on any atom is -0.352 e. The number of rotatable bonds is 3. The summed E-state index contributed by atoms with van der Waals surface area (Å²) in [5.74, 6) is -0.0779. The zero-order valence-corrected chi connectivity index (χ0v) is 13.7. The molecule has 1 fully saturated rings. The molecule has 2 aromatic rings. The summed E-state index contributed by atoms with van der Waals surface area (Å²) in [7, 11) is 0. The van der Waals surface area contributed by atoms with Crippen LogP contribution in [0.1, 0.15) is 11.3 Å². The molecule has 5 nitrogen and oxygen atoms in total. The Morgan fingerprint density at radius 1 is 0.962 bits per heavy atom. The average molecular weight is 368 g/mol. The predicted molar refractivity (Wildman–Crippen MR) is 85.9 cm³/mol. The number of hydrogen-bond donors (Lipinski definition) is 0. The van der Waals surface area contributed by atoms with E-state index in [0.717, 1.165) is 11.6 Å². The van der Waals surface area contributed by atoms with Gasteiger partial charge in [0.1, 0.15) is 5.82 Å². The number of carbonyl (C=O) groups is 1. The molecule has 0 atom stereocenters. The number of alkyl halides is 3. The zero-order valence-electron chi connectivity index (χ0n) is 13.7. The lowest BCUT2D eigenvalue weighted by atomic mass is 10.1. The number of hydrogen-bond acceptors (Lipinski definition) is 4. The van der Waals surface area contributed by atoms with Crippen LogP contribution < -0.4 is 4.90 Å². The SMILES string of the molecule is O=C(Cc1ccc(F)cc1)N1CCN(c2ccc(C(F)(F)F)nn2)CC1. The van der Waals surface area contributed by atoms with Crippen molar-refractivity contribution in [3.05, 3.63) is 53.5 Å². The highest BCUT2D eigenvalue weighted by atomic mass is 19.4. The Morgan fingerprint density at radius 3 is 2.15 bits per heavy atom. The molecule has 1 aromatic heterocycles. The standard InChI is InChI=1S/C17H16F4N4O/c18-13-3-1-12(2-4-13)11-16(26)25-9-7-24(8-10-25)15-6-5-14(22-23-15)17(19,20)21/h1-6H,7-11H2. The van der Waals surface area contributed by atoms with E-state index in [1.165, 1.54) is 18.2 Å². The monoisotopic (exact) mass is 368 g/mol. The van der Waals surface area contributed by atoms with E-state index in [9.17, 15) is 22.4 Å². The van der Waals surface area contributed by atoms with E-state index < -0.39 is 11.9 Å². The third-order valence-electron chi connectivity index (χ3n) is 4.17. The normalized spacial score (nSPS) is 15.2. The van der Waals surface area contributed by atoms with Gasteiger partial charge in [0.05, 0.1) is 6.42 Å². The molecule has 0 spiro atoms. The lowest BCUT2D eigenvalue weighted by Crippen LogP contribution is -2.49. The van der Waals surface area contributed by atoms with Crippen molar-refractivity contribution in [3.63, 3.8) is 0 Å². The quantitative estimate of drug-likeness (QED) is 0.782. The van der Waals surface area contributed by atoms with Crippen LogP contribution in [-0.2, 0) is 17.4 Å². The van der Waals surface area contributed by atoms with Gasteiger partial charge in [-0.2, -0.15) is 13.2 Å². The van der Waals surface area contributed by atoms with Crippen molar-refractivity contribution in [1.82, 2.24) is 15.1 Å². The van der Waals surface area contributed by atoms with Crippen LogP contribution in [0.3, 0.4) is 0 Å². The number of anilines is 1. The van der Waals surface area contributed by atoms with Crippen molar-refractivity contribution in [2.24, 2.45) is 0 Å². The van der Waals surface area contributed by atoms with Gasteiger partial charge in [0.15, 0.2) is 11.5 Å². The Hall–Kier alpha value is -2.71. The van der Waals surface area contributed by atoms with Crippen LogP contribution in [0.2, 0.25) is 0 Å². The van der Waals surface area contributed by atoms with Crippen molar-refractivity contribution >= 4 is 11.7 Å². The second-order valence-electron chi connectivity index (χ2n) is 5.95. The van der Waals surface area contributed by atoms with Gasteiger partial charge in [-0.3, -0.25) is 4.79 Å². The van der Waals surface area contributed by atoms with Crippen LogP contribution in [-0.4, -0.2) is 47.2 Å². The molecule has 2 heterocycles. The molecule has 1 amide bonds. The van der Waals surface area contributed by atoms with E-state index in [-0.39, 0.29) is 18.1 Å². The fourth-order valence-corrected chi connectivity index (χ4v) is 2.72. The van der Waals surface area contributed by atoms with Gasteiger partial charge in [0, 0.05) is 26.2 Å². The minimum atomic E-state index is -4.52. The Balaban J connectivity index is 1.55. The summed E-state index contributed by atoms with van der Waals surface area (Å²) >= 11 is 0. The predicted octanol–water partition coefficient (Wildman–Crippen LogP) is 2.53. The maximum Gasteiger partial charge on any atom is 0.435 e. The second kappa shape index (κ2) is 7.27. The molecule has 0 aliphatic carbocycles. The topological polar surface area (TPSA) is 49.3 Å². The number of amides is 1. The summed E-state index contributed by atoms with van der Waals surface area (Å²) in [5.41, 5.74) is -0.304. The first-order valence-corrected chi connectivity index (χ1v) is 8.01. The van der Waals surface area contributed by atoms with Gasteiger partial charge in [-0.05, 0) is 29.8 Å². The molecule has 1 aliphatic heterocycles. The van der Waals surface area contributed by atoms with E-state index in [4.69, 9.17) is 0 Å². The molecule has 9 heteroatoms. The van der Waals surface area contributed by atoms with Crippen LogP contribution in [0.5, 0.6) is 0 Å². The van der Waals surface area contributed by atoms with Gasteiger partial charge >= 0.3 is 6.18 Å². The minimum absolute atomic E-state index is 0.0743. The Morgan fingerprint density at radius 2 is 1.62 bits per heavy atom. The molecule has 0 unspecified atom stereocenters. The van der Waals surface area contributed by atoms with Crippen LogP contribution in [0.4, 0.5) is 23.4 Å². The van der Waals surface area contributed by atoms with E-state index in [2.05, 4.69) is 10.2 Å². The Labute approximate surface area is 147 Å². The molecule has 0 bridgehead atoms. The molecule has 1 aliphatic rings. The van der Waals surface area contributed by atoms with E-state index in [1.807, 2.05) is 0 Å². The molecule has 138 valence electrons. The highest BCUT2D eigenvalue weighted by Gasteiger charge is 2.33. The summed E-state index contributed by atoms with van der Waals surface area (Å²) in [4.78, 5) is 15.8. The number of nitrogens with zero attached hydrogens (tertiary/aromatic N) is 4. The van der Waals surface area contributed by atoms with Gasteiger partial charge < -0.3 is 9.80 Å². The largest absolute Gasteiger partial charge is 0.435 e. The first kappa shape index (κ1) is 18.1. The third kappa shape index (κ3) is 4.27. The van der Waals surface area contributed by atoms with E-state index in [0.29, 0.717) is 32.0 Å². The van der Waals surface area contributed by atoms with Gasteiger partial charge in [0.2, 0.25) is 5.91 Å². The van der Waals surface area contributed by atoms with Gasteiger partial charge in [-0.15, -0.1) is 10.2 Å². The van der Waals surface area contributed by atoms with Gasteiger partial charge in [-0.25, -0.2) is 4.39 Å². The first-order valence-electron chi connectivity index (χ1n) is 8.01. The van der Waals surface area contributed by atoms with Crippen molar-refractivity contribution < 1.29 is 22.4 Å². The fourth-order valence-electron chi connectivity index (χ4n) is 2.72. The van der Waals surface area contributed by atoms with Crippen molar-refractivity contribution in [2.75, 3.05) is 31.1 Å². The van der Waals surface area contributed by atoms with E-state index >= 15 is 0 Å². The van der Waals surface area contributed by atoms with Crippen LogP contribution >= 0.6 is 0 Å². The van der Waals surface area contributed by atoms with Crippen molar-refractivity contribution in [3.8, 4) is 0 Å². The van der Waals surface area contributed by atoms with Crippen molar-refractivity contribution in [2.45, 2.75) is 12.6 Å². The highest BCUT2D eigenvalue weighted by Crippen LogP contribution is 2.27. The maximum absolute atomic E-state index is 12.9. The first-order chi connectivity index (χ1) is 12.3. The molecule has 1 aromatic carbocycles. The molecule has 1 saturated heterocycles. The lowest BCUT2D eigenvalue weighted by Gasteiger charge is -2.35. The molecule has 26 heavy (non-hydrogen) atoms. The summed E-state index contributed by atoms with van der Waals surface area (Å²) < 4.78 is 50.5. The Kier molecular flexibility index (Phi) is 5.06. The maximum atomic E-state index is 12.9. The van der Waals surface area contributed by atoms with Gasteiger partial charge in [-0.1, -0.05) is 12.1 Å². The second-order valence-corrected chi connectivity index (χ2v) is 5.95. The summed E-state index contributed by atoms with van der Waals surface area (Å²) in [6.45, 7) is 1.77. The molecular weight excluding hydrogens is 352 g/mol. The van der Waals surface area contributed by atoms with Crippen molar-refractivity contribution in [1.29, 1.82) is 0 Å². The molecule has 0 saturated carbocycles. The van der Waals surface area contributed by atoms with Crippen LogP contribution in [0.25, 0.3) is 0 Å². The number of piperazine rings is 1. The lowest BCUT2D eigenvalue weighted by molar-refractivity contribution is -0.141. The van der Waals surface area contributed by atoms with Crippen LogP contribution in [0.15, 0.2) is 36.4 Å². The number of aromatic nitrogens is 2. The average Bonchev–Trinajstić information content (AvgIpc) is 2.63. The summed E-state index contributed by atoms with van der Waals surface area (Å²) in [6, 6.07) is 7.94. The Bertz CT molecular complexity index is 754. The van der Waals surface area contributed by atoms with Gasteiger partial charge in [0.25, 0.3) is 0 Å². The van der Waals surface area contributed by atoms with Crippen LogP contribution in [0, 0.1) is 5.82 Å². The molecule has 0 N–H and O–H groups in total. The number of halogens is 4. The summed E-state index contributed by atoms with van der Waals surface area (Å²) in [5, 5.41) is 6.85. The molecule has 3 rings (SSSR count). The summed E-state index contributed by atoms with van der Waals surface area (Å²) in [6.07, 6.45) is -4.34. The fraction of sp³-hybridized carbons (Fsp3) is 0.353. The molecular formula is C17H16F4N4O. The number of carbonyl (C=O) groups excluding carboxylic acids is 1. The highest BCUT2D eigenvalue weighted by molar-refractivity contribution is 5.79. The number of benzene rings is 1. The van der Waals surface area contributed by atoms with E-state index in [1.54, 1.807) is 21.9 Å². The smallest absolute Gasteiger partial charge is 0.352 e. The zero-order chi connectivity index (χ0) is 18.7. The molecule has 0 radical (unpaired) electrons. The third-order valence-corrected chi connectivity index (χ3v) is 4.17.